The van der Waals surface area contributed by atoms with Gasteiger partial charge in [-0.2, -0.15) is 13.2 Å². The quantitative estimate of drug-likeness (QED) is 0.601. The van der Waals surface area contributed by atoms with Crippen molar-refractivity contribution in [2.75, 3.05) is 7.11 Å². The fourth-order valence-electron chi connectivity index (χ4n) is 2.11. The maximum absolute atomic E-state index is 12.7. The number of halogens is 4. The van der Waals surface area contributed by atoms with E-state index in [1.165, 1.54) is 25.3 Å². The first kappa shape index (κ1) is 17.1. The van der Waals surface area contributed by atoms with E-state index in [2.05, 4.69) is 9.89 Å². The molecule has 1 aromatic heterocycles. The Balaban J connectivity index is 1.94. The molecule has 0 aliphatic carbocycles. The third-order valence-corrected chi connectivity index (χ3v) is 3.60. The van der Waals surface area contributed by atoms with E-state index in [4.69, 9.17) is 20.9 Å². The van der Waals surface area contributed by atoms with Crippen molar-refractivity contribution in [1.82, 2.24) is 5.16 Å². The number of alkyl halides is 3. The zero-order chi connectivity index (χ0) is 18.2. The summed E-state index contributed by atoms with van der Waals surface area (Å²) in [6.45, 7) is 0. The summed E-state index contributed by atoms with van der Waals surface area (Å²) in [4.78, 5) is 11.6. The molecule has 0 saturated carbocycles. The molecule has 3 aromatic rings. The minimum atomic E-state index is -4.50. The minimum absolute atomic E-state index is 0.0325. The van der Waals surface area contributed by atoms with E-state index < -0.39 is 17.7 Å². The fraction of sp³-hybridized carbons (Fsp3) is 0.125. The van der Waals surface area contributed by atoms with Gasteiger partial charge in [0.15, 0.2) is 11.3 Å². The molecule has 1 heterocycles. The van der Waals surface area contributed by atoms with Crippen molar-refractivity contribution in [3.63, 3.8) is 0 Å². The van der Waals surface area contributed by atoms with Crippen molar-refractivity contribution in [2.24, 2.45) is 0 Å². The summed E-state index contributed by atoms with van der Waals surface area (Å²) < 4.78 is 53.1. The van der Waals surface area contributed by atoms with Crippen molar-refractivity contribution >= 4 is 28.5 Å². The van der Waals surface area contributed by atoms with Gasteiger partial charge in [0.25, 0.3) is 0 Å². The first-order chi connectivity index (χ1) is 11.8. The van der Waals surface area contributed by atoms with E-state index in [1.54, 1.807) is 0 Å². The Kier molecular flexibility index (Phi) is 4.30. The lowest BCUT2D eigenvalue weighted by atomic mass is 10.2. The Labute approximate surface area is 143 Å². The molecule has 2 aromatic carbocycles. The predicted octanol–water partition coefficient (Wildman–Crippen LogP) is 5.08. The highest BCUT2D eigenvalue weighted by Crippen LogP contribution is 2.37. The third-order valence-electron chi connectivity index (χ3n) is 3.31. The van der Waals surface area contributed by atoms with Crippen molar-refractivity contribution in [3.8, 4) is 11.5 Å². The molecular formula is C16H9ClF3NO4. The second-order valence-electron chi connectivity index (χ2n) is 4.93. The van der Waals surface area contributed by atoms with Gasteiger partial charge < -0.3 is 14.0 Å². The van der Waals surface area contributed by atoms with E-state index in [1.807, 2.05) is 0 Å². The smallest absolute Gasteiger partial charge is 0.416 e. The van der Waals surface area contributed by atoms with Crippen molar-refractivity contribution < 1.29 is 32.0 Å². The number of fused-ring (bicyclic) bond motifs is 1. The lowest BCUT2D eigenvalue weighted by Crippen LogP contribution is -2.04. The Morgan fingerprint density at radius 2 is 1.96 bits per heavy atom. The van der Waals surface area contributed by atoms with Crippen LogP contribution in [-0.2, 0) is 10.9 Å². The molecule has 0 unspecified atom stereocenters. The van der Waals surface area contributed by atoms with E-state index in [-0.39, 0.29) is 22.2 Å². The molecule has 0 atom stereocenters. The van der Waals surface area contributed by atoms with Gasteiger partial charge in [0, 0.05) is 0 Å². The largest absolute Gasteiger partial charge is 0.464 e. The summed E-state index contributed by atoms with van der Waals surface area (Å²) in [6.07, 6.45) is -4.50. The first-order valence-corrected chi connectivity index (χ1v) is 7.20. The highest BCUT2D eigenvalue weighted by atomic mass is 35.5. The molecule has 0 amide bonds. The van der Waals surface area contributed by atoms with Gasteiger partial charge in [-0.3, -0.25) is 0 Å². The van der Waals surface area contributed by atoms with Crippen molar-refractivity contribution in [3.05, 3.63) is 52.7 Å². The first-order valence-electron chi connectivity index (χ1n) is 6.82. The molecular weight excluding hydrogens is 363 g/mol. The van der Waals surface area contributed by atoms with Gasteiger partial charge in [-0.25, -0.2) is 4.79 Å². The minimum Gasteiger partial charge on any atom is -0.464 e. The number of aromatic nitrogens is 1. The highest BCUT2D eigenvalue weighted by Gasteiger charge is 2.31. The van der Waals surface area contributed by atoms with Crippen LogP contribution in [0.4, 0.5) is 13.2 Å². The number of nitrogens with zero attached hydrogens (tertiary/aromatic N) is 1. The normalized spacial score (nSPS) is 11.6. The number of ether oxygens (including phenoxy) is 2. The predicted molar refractivity (Wildman–Crippen MR) is 81.9 cm³/mol. The number of carbonyl (C=O) groups is 1. The zero-order valence-corrected chi connectivity index (χ0v) is 13.3. The van der Waals surface area contributed by atoms with Gasteiger partial charge in [-0.05, 0) is 36.4 Å². The van der Waals surface area contributed by atoms with Crippen LogP contribution < -0.4 is 4.74 Å². The van der Waals surface area contributed by atoms with Crippen LogP contribution in [0.25, 0.3) is 11.0 Å². The number of hydrogen-bond donors (Lipinski definition) is 0. The van der Waals surface area contributed by atoms with E-state index in [0.717, 1.165) is 18.2 Å². The number of esters is 1. The number of rotatable bonds is 3. The highest BCUT2D eigenvalue weighted by molar-refractivity contribution is 6.32. The SMILES string of the molecule is COC(=O)c1noc2ccc(Oc3ccc(C(F)(F)F)cc3Cl)cc12. The molecule has 0 spiro atoms. The molecule has 0 radical (unpaired) electrons. The fourth-order valence-corrected chi connectivity index (χ4v) is 2.33. The Morgan fingerprint density at radius 1 is 1.20 bits per heavy atom. The maximum atomic E-state index is 12.7. The summed E-state index contributed by atoms with van der Waals surface area (Å²) in [5.74, 6) is -0.420. The number of hydrogen-bond acceptors (Lipinski definition) is 5. The van der Waals surface area contributed by atoms with E-state index in [9.17, 15) is 18.0 Å². The molecule has 0 aliphatic heterocycles. The Hall–Kier alpha value is -2.74. The molecule has 3 rings (SSSR count). The lowest BCUT2D eigenvalue weighted by molar-refractivity contribution is -0.137. The second-order valence-corrected chi connectivity index (χ2v) is 5.33. The molecule has 0 N–H and O–H groups in total. The molecule has 9 heteroatoms. The zero-order valence-electron chi connectivity index (χ0n) is 12.6. The summed E-state index contributed by atoms with van der Waals surface area (Å²) >= 11 is 5.86. The van der Waals surface area contributed by atoms with Crippen molar-refractivity contribution in [2.45, 2.75) is 6.18 Å². The Morgan fingerprint density at radius 3 is 2.60 bits per heavy atom. The molecule has 130 valence electrons. The number of methoxy groups -OCH3 is 1. The van der Waals surface area contributed by atoms with Gasteiger partial charge in [-0.1, -0.05) is 16.8 Å². The molecule has 0 aliphatic rings. The molecule has 5 nitrogen and oxygen atoms in total. The Bertz CT molecular complexity index is 952. The van der Waals surface area contributed by atoms with Gasteiger partial charge in [0.05, 0.1) is 23.1 Å². The summed E-state index contributed by atoms with van der Waals surface area (Å²) in [5.41, 5.74) is -0.597. The van der Waals surface area contributed by atoms with Gasteiger partial charge in [0.1, 0.15) is 11.5 Å². The molecule has 25 heavy (non-hydrogen) atoms. The average molecular weight is 372 g/mol. The van der Waals surface area contributed by atoms with Crippen LogP contribution >= 0.6 is 11.6 Å². The third kappa shape index (κ3) is 3.39. The lowest BCUT2D eigenvalue weighted by Gasteiger charge is -2.11. The number of carbonyl (C=O) groups excluding carboxylic acids is 1. The average Bonchev–Trinajstić information content (AvgIpc) is 2.98. The van der Waals surface area contributed by atoms with Crippen LogP contribution in [0.15, 0.2) is 40.9 Å². The van der Waals surface area contributed by atoms with Gasteiger partial charge >= 0.3 is 12.1 Å². The van der Waals surface area contributed by atoms with Crippen LogP contribution in [0.2, 0.25) is 5.02 Å². The summed E-state index contributed by atoms with van der Waals surface area (Å²) in [7, 11) is 1.20. The van der Waals surface area contributed by atoms with Crippen LogP contribution in [0, 0.1) is 0 Å². The van der Waals surface area contributed by atoms with E-state index >= 15 is 0 Å². The van der Waals surface area contributed by atoms with Crippen LogP contribution in [0.1, 0.15) is 16.1 Å². The van der Waals surface area contributed by atoms with Crippen LogP contribution in [0.5, 0.6) is 11.5 Å². The van der Waals surface area contributed by atoms with Crippen LogP contribution in [0.3, 0.4) is 0 Å². The van der Waals surface area contributed by atoms with Crippen molar-refractivity contribution in [1.29, 1.82) is 0 Å². The molecule has 0 saturated heterocycles. The number of benzene rings is 2. The van der Waals surface area contributed by atoms with Gasteiger partial charge in [-0.15, -0.1) is 0 Å². The summed E-state index contributed by atoms with van der Waals surface area (Å²) in [6, 6.07) is 7.20. The molecule has 0 bridgehead atoms. The summed E-state index contributed by atoms with van der Waals surface area (Å²) in [5, 5.41) is 3.75. The second kappa shape index (κ2) is 6.29. The van der Waals surface area contributed by atoms with Gasteiger partial charge in [0.2, 0.25) is 0 Å². The standard InChI is InChI=1S/C16H9ClF3NO4/c1-23-15(22)14-10-7-9(3-5-12(10)25-21-14)24-13-4-2-8(6-11(13)17)16(18,19)20/h2-7H,1H3. The topological polar surface area (TPSA) is 61.6 Å². The molecule has 0 fully saturated rings. The maximum Gasteiger partial charge on any atom is 0.416 e. The monoisotopic (exact) mass is 371 g/mol. The van der Waals surface area contributed by atoms with Crippen LogP contribution in [-0.4, -0.2) is 18.2 Å². The van der Waals surface area contributed by atoms with E-state index in [0.29, 0.717) is 11.0 Å².